The number of nitrogens with one attached hydrogen (secondary N) is 2. The lowest BCUT2D eigenvalue weighted by molar-refractivity contribution is -0.129. The van der Waals surface area contributed by atoms with Crippen LogP contribution in [0.5, 0.6) is 5.75 Å². The molecule has 2 aliphatic carbocycles. The zero-order chi connectivity index (χ0) is 36.5. The Morgan fingerprint density at radius 3 is 2.48 bits per heavy atom. The molecule has 11 heteroatoms. The van der Waals surface area contributed by atoms with Crippen molar-refractivity contribution < 1.29 is 34.0 Å². The third-order valence-corrected chi connectivity index (χ3v) is 11.8. The molecule has 3 fully saturated rings. The number of aliphatic hydroxyl groups is 2. The third-order valence-electron chi connectivity index (χ3n) is 11.8. The van der Waals surface area contributed by atoms with Gasteiger partial charge in [-0.3, -0.25) is 9.69 Å². The lowest BCUT2D eigenvalue weighted by Gasteiger charge is -2.37. The van der Waals surface area contributed by atoms with Crippen LogP contribution < -0.4 is 15.4 Å². The number of carbonyl (C=O) groups excluding carboxylic acids is 2. The van der Waals surface area contributed by atoms with Crippen molar-refractivity contribution in [2.24, 2.45) is 5.92 Å². The van der Waals surface area contributed by atoms with Gasteiger partial charge in [-0.2, -0.15) is 0 Å². The van der Waals surface area contributed by atoms with Gasteiger partial charge in [0.05, 0.1) is 36.3 Å². The van der Waals surface area contributed by atoms with Gasteiger partial charge in [-0.1, -0.05) is 68.5 Å². The number of hydrogen-bond donors (Lipinski definition) is 4. The Hall–Kier alpha value is -3.22. The van der Waals surface area contributed by atoms with Crippen molar-refractivity contribution in [2.45, 2.75) is 107 Å². The Morgan fingerprint density at radius 1 is 1.00 bits per heavy atom. The second-order valence-corrected chi connectivity index (χ2v) is 15.8. The number of rotatable bonds is 14. The first kappa shape index (κ1) is 38.5. The summed E-state index contributed by atoms with van der Waals surface area (Å²) in [4.78, 5) is 32.5. The minimum Gasteiger partial charge on any atom is -0.492 e. The molecule has 2 aromatic rings. The van der Waals surface area contributed by atoms with E-state index >= 15 is 0 Å². The Balaban J connectivity index is 1.20. The van der Waals surface area contributed by atoms with Crippen LogP contribution in [-0.2, 0) is 26.1 Å². The fraction of sp³-hybridized carbons (Fsp3) is 0.659. The summed E-state index contributed by atoms with van der Waals surface area (Å²) in [5, 5.41) is 29.3. The Morgan fingerprint density at radius 2 is 1.75 bits per heavy atom. The lowest BCUT2D eigenvalue weighted by atomic mass is 9.74. The van der Waals surface area contributed by atoms with Crippen LogP contribution >= 0.6 is 0 Å². The summed E-state index contributed by atoms with van der Waals surface area (Å²) in [6.07, 6.45) is 5.55. The Labute approximate surface area is 309 Å². The average Bonchev–Trinajstić information content (AvgIpc) is 3.47. The SMILES string of the molecule is CN1CCN(CCOc2ccc([C@@](C)(C[C@H](O)[C@H](CC3CCCCC3)NC(=O)O[C@H]3CCCOC3)C(=O)N[C@H]3c4ccccc4C[C@H]3O)cc2)CC1. The van der Waals surface area contributed by atoms with E-state index in [1.165, 1.54) is 6.42 Å². The number of hydrogen-bond acceptors (Lipinski definition) is 9. The number of nitrogens with zero attached hydrogens (tertiary/aromatic N) is 2. The minimum atomic E-state index is -1.21. The van der Waals surface area contributed by atoms with Crippen molar-refractivity contribution in [3.05, 3.63) is 65.2 Å². The van der Waals surface area contributed by atoms with E-state index in [0.717, 1.165) is 87.9 Å². The van der Waals surface area contributed by atoms with Crippen LogP contribution in [0.4, 0.5) is 4.79 Å². The summed E-state index contributed by atoms with van der Waals surface area (Å²) in [7, 11) is 2.15. The molecule has 0 radical (unpaired) electrons. The Bertz CT molecular complexity index is 1440. The van der Waals surface area contributed by atoms with Gasteiger partial charge in [0.25, 0.3) is 0 Å². The molecule has 2 amide bonds. The number of alkyl carbamates (subject to hydrolysis) is 1. The van der Waals surface area contributed by atoms with Crippen LogP contribution in [0.1, 0.15) is 87.4 Å². The van der Waals surface area contributed by atoms with E-state index in [2.05, 4.69) is 27.5 Å². The van der Waals surface area contributed by atoms with Crippen molar-refractivity contribution in [3.63, 3.8) is 0 Å². The molecule has 2 aliphatic heterocycles. The number of likely N-dealkylation sites (N-methyl/N-ethyl adjacent to an activating group) is 1. The maximum absolute atomic E-state index is 14.6. The number of benzene rings is 2. The quantitative estimate of drug-likeness (QED) is 0.225. The number of fused-ring (bicyclic) bond motifs is 1. The minimum absolute atomic E-state index is 0.0527. The molecular formula is C41H60N4O7. The van der Waals surface area contributed by atoms with Crippen molar-refractivity contribution in [1.29, 1.82) is 0 Å². The second kappa shape index (κ2) is 18.2. The van der Waals surface area contributed by atoms with Gasteiger partial charge < -0.3 is 40.0 Å². The summed E-state index contributed by atoms with van der Waals surface area (Å²) < 4.78 is 17.4. The second-order valence-electron chi connectivity index (χ2n) is 15.8. The number of ether oxygens (including phenoxy) is 3. The summed E-state index contributed by atoms with van der Waals surface area (Å²) in [6.45, 7) is 8.45. The molecule has 2 saturated heterocycles. The number of aliphatic hydroxyl groups excluding tert-OH is 2. The number of amides is 2. The van der Waals surface area contributed by atoms with Crippen molar-refractivity contribution in [3.8, 4) is 5.75 Å². The van der Waals surface area contributed by atoms with Crippen LogP contribution in [0, 0.1) is 5.92 Å². The Kier molecular flexibility index (Phi) is 13.5. The molecule has 2 aromatic carbocycles. The van der Waals surface area contributed by atoms with Gasteiger partial charge in [-0.15, -0.1) is 0 Å². The summed E-state index contributed by atoms with van der Waals surface area (Å²) >= 11 is 0. The van der Waals surface area contributed by atoms with E-state index in [-0.39, 0.29) is 18.4 Å². The van der Waals surface area contributed by atoms with Crippen molar-refractivity contribution >= 4 is 12.0 Å². The van der Waals surface area contributed by atoms with Crippen LogP contribution in [0.2, 0.25) is 0 Å². The van der Waals surface area contributed by atoms with Gasteiger partial charge in [0.15, 0.2) is 0 Å². The van der Waals surface area contributed by atoms with Gasteiger partial charge >= 0.3 is 6.09 Å². The molecule has 6 atom stereocenters. The molecule has 1 saturated carbocycles. The van der Waals surface area contributed by atoms with Crippen LogP contribution in [0.3, 0.4) is 0 Å². The van der Waals surface area contributed by atoms with Gasteiger partial charge in [-0.25, -0.2) is 4.79 Å². The van der Waals surface area contributed by atoms with Gasteiger partial charge in [0.2, 0.25) is 5.91 Å². The highest BCUT2D eigenvalue weighted by Crippen LogP contribution is 2.37. The maximum atomic E-state index is 14.6. The first-order valence-electron chi connectivity index (χ1n) is 19.6. The lowest BCUT2D eigenvalue weighted by Crippen LogP contribution is -2.52. The molecule has 4 aliphatic rings. The van der Waals surface area contributed by atoms with E-state index in [1.54, 1.807) is 0 Å². The van der Waals surface area contributed by atoms with Gasteiger partial charge in [0, 0.05) is 45.8 Å². The molecule has 2 heterocycles. The molecule has 4 N–H and O–H groups in total. The zero-order valence-corrected chi connectivity index (χ0v) is 31.1. The topological polar surface area (TPSA) is 133 Å². The van der Waals surface area contributed by atoms with Gasteiger partial charge in [0.1, 0.15) is 18.5 Å². The van der Waals surface area contributed by atoms with Crippen LogP contribution in [0.15, 0.2) is 48.5 Å². The summed E-state index contributed by atoms with van der Waals surface area (Å²) in [6, 6.07) is 14.2. The number of carbonyl (C=O) groups is 2. The highest BCUT2D eigenvalue weighted by molar-refractivity contribution is 5.88. The maximum Gasteiger partial charge on any atom is 0.407 e. The highest BCUT2D eigenvalue weighted by atomic mass is 16.6. The summed E-state index contributed by atoms with van der Waals surface area (Å²) in [5.74, 6) is 0.779. The van der Waals surface area contributed by atoms with E-state index < -0.39 is 35.8 Å². The van der Waals surface area contributed by atoms with E-state index in [0.29, 0.717) is 44.3 Å². The van der Waals surface area contributed by atoms with E-state index in [1.807, 2.05) is 55.5 Å². The fourth-order valence-electron chi connectivity index (χ4n) is 8.47. The smallest absolute Gasteiger partial charge is 0.407 e. The van der Waals surface area contributed by atoms with Crippen LogP contribution in [-0.4, -0.2) is 116 Å². The molecular weight excluding hydrogens is 660 g/mol. The molecule has 286 valence electrons. The molecule has 0 unspecified atom stereocenters. The molecule has 6 rings (SSSR count). The molecule has 52 heavy (non-hydrogen) atoms. The number of piperazine rings is 1. The summed E-state index contributed by atoms with van der Waals surface area (Å²) in [5.41, 5.74) is 1.43. The molecule has 0 spiro atoms. The largest absolute Gasteiger partial charge is 0.492 e. The predicted molar refractivity (Wildman–Crippen MR) is 199 cm³/mol. The van der Waals surface area contributed by atoms with E-state index in [9.17, 15) is 19.8 Å². The third kappa shape index (κ3) is 10.0. The predicted octanol–water partition coefficient (Wildman–Crippen LogP) is 4.34. The van der Waals surface area contributed by atoms with Gasteiger partial charge in [-0.05, 0) is 74.4 Å². The first-order valence-corrected chi connectivity index (χ1v) is 19.6. The zero-order valence-electron chi connectivity index (χ0n) is 31.1. The first-order chi connectivity index (χ1) is 25.2. The monoisotopic (exact) mass is 720 g/mol. The average molecular weight is 721 g/mol. The molecule has 0 bridgehead atoms. The fourth-order valence-corrected chi connectivity index (χ4v) is 8.47. The highest BCUT2D eigenvalue weighted by Gasteiger charge is 2.43. The van der Waals surface area contributed by atoms with E-state index in [4.69, 9.17) is 14.2 Å². The standard InChI is InChI=1S/C41H60N4O7/c1-41(39(48)43-38-34-13-7-6-11-30(34)26-36(38)46,31-14-16-32(17-15-31)51-24-22-45-20-18-44(2)19-21-45)27-37(47)35(25-29-9-4-3-5-10-29)42-40(49)52-33-12-8-23-50-28-33/h6-7,11,13-17,29,33,35-38,46-47H,3-5,8-10,12,18-28H2,1-2H3,(H,42,49)(H,43,48)/t33-,35-,36+,37-,38-,41+/m0/s1. The normalized spacial score (nSPS) is 25.3. The molecule has 0 aromatic heterocycles. The molecule has 11 nitrogen and oxygen atoms in total. The van der Waals surface area contributed by atoms with Crippen molar-refractivity contribution in [1.82, 2.24) is 20.4 Å². The van der Waals surface area contributed by atoms with Crippen molar-refractivity contribution in [2.75, 3.05) is 59.6 Å². The van der Waals surface area contributed by atoms with Crippen LogP contribution in [0.25, 0.3) is 0 Å².